The number of benzene rings is 2. The van der Waals surface area contributed by atoms with E-state index in [0.29, 0.717) is 11.3 Å². The Hall–Kier alpha value is -2.13. The maximum atomic E-state index is 12.4. The smallest absolute Gasteiger partial charge is 0.196 e. The molecule has 1 unspecified atom stereocenters. The predicted octanol–water partition coefficient (Wildman–Crippen LogP) is 3.27. The molecule has 2 aromatic rings. The minimum atomic E-state index is -0.613. The summed E-state index contributed by atoms with van der Waals surface area (Å²) < 4.78 is 10.5. The summed E-state index contributed by atoms with van der Waals surface area (Å²) in [5.41, 5.74) is 1.42. The van der Waals surface area contributed by atoms with Crippen molar-refractivity contribution >= 4 is 5.78 Å². The van der Waals surface area contributed by atoms with Gasteiger partial charge in [0.05, 0.1) is 7.11 Å². The number of carbonyl (C=O) groups is 1. The van der Waals surface area contributed by atoms with Crippen LogP contribution in [0.1, 0.15) is 22.0 Å². The molecule has 2 rings (SSSR count). The predicted molar refractivity (Wildman–Crippen MR) is 73.5 cm³/mol. The first-order valence-electron chi connectivity index (χ1n) is 6.02. The Morgan fingerprint density at radius 2 is 1.74 bits per heavy atom. The van der Waals surface area contributed by atoms with Crippen LogP contribution in [-0.4, -0.2) is 20.0 Å². The summed E-state index contributed by atoms with van der Waals surface area (Å²) in [6.45, 7) is 0. The topological polar surface area (TPSA) is 35.5 Å². The molecule has 2 aromatic carbocycles. The van der Waals surface area contributed by atoms with Crippen molar-refractivity contribution < 1.29 is 14.3 Å². The van der Waals surface area contributed by atoms with Crippen molar-refractivity contribution in [3.63, 3.8) is 0 Å². The third-order valence-electron chi connectivity index (χ3n) is 2.93. The van der Waals surface area contributed by atoms with E-state index in [1.165, 1.54) is 7.11 Å². The molecule has 0 saturated heterocycles. The quantitative estimate of drug-likeness (QED) is 0.770. The molecule has 0 amide bonds. The molecule has 0 bridgehead atoms. The number of hydrogen-bond acceptors (Lipinski definition) is 3. The van der Waals surface area contributed by atoms with Gasteiger partial charge in [0.15, 0.2) is 5.78 Å². The van der Waals surface area contributed by atoms with Gasteiger partial charge in [-0.05, 0) is 17.7 Å². The van der Waals surface area contributed by atoms with Crippen molar-refractivity contribution in [3.8, 4) is 5.75 Å². The standard InChI is InChI=1S/C16H16O3/c1-18-14-10-6-9-13(11-14)16(19-2)15(17)12-7-4-3-5-8-12/h3-11,16H,1-2H3. The highest BCUT2D eigenvalue weighted by Crippen LogP contribution is 2.24. The SMILES string of the molecule is COc1cccc(C(OC)C(=O)c2ccccc2)c1. The number of hydrogen-bond donors (Lipinski definition) is 0. The van der Waals surface area contributed by atoms with Crippen molar-refractivity contribution in [2.24, 2.45) is 0 Å². The number of ether oxygens (including phenoxy) is 2. The first-order chi connectivity index (χ1) is 9.26. The molecule has 0 heterocycles. The van der Waals surface area contributed by atoms with Crippen LogP contribution >= 0.6 is 0 Å². The molecule has 0 radical (unpaired) electrons. The molecular formula is C16H16O3. The van der Waals surface area contributed by atoms with Gasteiger partial charge in [0, 0.05) is 12.7 Å². The normalized spacial score (nSPS) is 11.9. The van der Waals surface area contributed by atoms with Crippen LogP contribution in [0.15, 0.2) is 54.6 Å². The van der Waals surface area contributed by atoms with Crippen molar-refractivity contribution in [1.82, 2.24) is 0 Å². The number of Topliss-reactive ketones (excluding diaryl/α,β-unsaturated/α-hetero) is 1. The van der Waals surface area contributed by atoms with Crippen molar-refractivity contribution in [2.45, 2.75) is 6.10 Å². The summed E-state index contributed by atoms with van der Waals surface area (Å²) >= 11 is 0. The fourth-order valence-corrected chi connectivity index (χ4v) is 1.95. The Morgan fingerprint density at radius 3 is 2.37 bits per heavy atom. The van der Waals surface area contributed by atoms with E-state index in [4.69, 9.17) is 9.47 Å². The molecule has 3 nitrogen and oxygen atoms in total. The largest absolute Gasteiger partial charge is 0.497 e. The van der Waals surface area contributed by atoms with Gasteiger partial charge in [-0.2, -0.15) is 0 Å². The van der Waals surface area contributed by atoms with Crippen LogP contribution in [0.25, 0.3) is 0 Å². The van der Waals surface area contributed by atoms with E-state index in [1.807, 2.05) is 42.5 Å². The number of ketones is 1. The van der Waals surface area contributed by atoms with Crippen LogP contribution in [0.3, 0.4) is 0 Å². The van der Waals surface area contributed by atoms with E-state index in [1.54, 1.807) is 19.2 Å². The molecular weight excluding hydrogens is 240 g/mol. The molecule has 0 aliphatic heterocycles. The molecule has 19 heavy (non-hydrogen) atoms. The van der Waals surface area contributed by atoms with Crippen LogP contribution in [0.2, 0.25) is 0 Å². The first kappa shape index (κ1) is 13.3. The summed E-state index contributed by atoms with van der Waals surface area (Å²) in [5, 5.41) is 0. The maximum Gasteiger partial charge on any atom is 0.196 e. The highest BCUT2D eigenvalue weighted by molar-refractivity contribution is 6.00. The van der Waals surface area contributed by atoms with Crippen molar-refractivity contribution in [1.29, 1.82) is 0 Å². The molecule has 0 fully saturated rings. The highest BCUT2D eigenvalue weighted by atomic mass is 16.5. The van der Waals surface area contributed by atoms with Crippen molar-refractivity contribution in [2.75, 3.05) is 14.2 Å². The Bertz CT molecular complexity index is 549. The third kappa shape index (κ3) is 3.01. The highest BCUT2D eigenvalue weighted by Gasteiger charge is 2.21. The number of methoxy groups -OCH3 is 2. The molecule has 3 heteroatoms. The maximum absolute atomic E-state index is 12.4. The van der Waals surface area contributed by atoms with Crippen LogP contribution in [0, 0.1) is 0 Å². The van der Waals surface area contributed by atoms with Crippen LogP contribution < -0.4 is 4.74 Å². The molecule has 0 aliphatic rings. The van der Waals surface area contributed by atoms with Gasteiger partial charge in [-0.1, -0.05) is 42.5 Å². The second-order valence-corrected chi connectivity index (χ2v) is 4.12. The van der Waals surface area contributed by atoms with E-state index < -0.39 is 6.10 Å². The monoisotopic (exact) mass is 256 g/mol. The van der Waals surface area contributed by atoms with E-state index in [-0.39, 0.29) is 5.78 Å². The molecule has 0 N–H and O–H groups in total. The molecule has 0 saturated carbocycles. The summed E-state index contributed by atoms with van der Waals surface area (Å²) in [4.78, 5) is 12.4. The Kier molecular flexibility index (Phi) is 4.31. The van der Waals surface area contributed by atoms with Gasteiger partial charge in [0.25, 0.3) is 0 Å². The van der Waals surface area contributed by atoms with Gasteiger partial charge in [-0.3, -0.25) is 4.79 Å². The molecule has 0 spiro atoms. The zero-order valence-corrected chi connectivity index (χ0v) is 11.0. The summed E-state index contributed by atoms with van der Waals surface area (Å²) in [6, 6.07) is 16.5. The summed E-state index contributed by atoms with van der Waals surface area (Å²) in [6.07, 6.45) is -0.613. The average Bonchev–Trinajstić information content (AvgIpc) is 2.49. The Morgan fingerprint density at radius 1 is 1.00 bits per heavy atom. The molecule has 0 aliphatic carbocycles. The minimum Gasteiger partial charge on any atom is -0.497 e. The van der Waals surface area contributed by atoms with Crippen molar-refractivity contribution in [3.05, 3.63) is 65.7 Å². The molecule has 0 aromatic heterocycles. The lowest BCUT2D eigenvalue weighted by Crippen LogP contribution is -2.14. The summed E-state index contributed by atoms with van der Waals surface area (Å²) in [5.74, 6) is 0.650. The average molecular weight is 256 g/mol. The van der Waals surface area contributed by atoms with E-state index in [2.05, 4.69) is 0 Å². The second-order valence-electron chi connectivity index (χ2n) is 4.12. The fraction of sp³-hybridized carbons (Fsp3) is 0.188. The molecule has 98 valence electrons. The lowest BCUT2D eigenvalue weighted by atomic mass is 10.00. The van der Waals surface area contributed by atoms with Gasteiger partial charge in [-0.25, -0.2) is 0 Å². The molecule has 1 atom stereocenters. The first-order valence-corrected chi connectivity index (χ1v) is 6.02. The van der Waals surface area contributed by atoms with Gasteiger partial charge in [-0.15, -0.1) is 0 Å². The fourth-order valence-electron chi connectivity index (χ4n) is 1.95. The second kappa shape index (κ2) is 6.16. The van der Waals surface area contributed by atoms with E-state index in [9.17, 15) is 4.79 Å². The van der Waals surface area contributed by atoms with Crippen LogP contribution in [-0.2, 0) is 4.74 Å². The van der Waals surface area contributed by atoms with E-state index in [0.717, 1.165) is 5.56 Å². The van der Waals surface area contributed by atoms with Gasteiger partial charge in [0.2, 0.25) is 0 Å². The zero-order chi connectivity index (χ0) is 13.7. The minimum absolute atomic E-state index is 0.0589. The third-order valence-corrected chi connectivity index (χ3v) is 2.93. The van der Waals surface area contributed by atoms with Crippen LogP contribution in [0.4, 0.5) is 0 Å². The van der Waals surface area contributed by atoms with Crippen LogP contribution in [0.5, 0.6) is 5.75 Å². The Labute approximate surface area is 112 Å². The lowest BCUT2D eigenvalue weighted by molar-refractivity contribution is 0.0604. The number of carbonyl (C=O) groups excluding carboxylic acids is 1. The number of rotatable bonds is 5. The summed E-state index contributed by atoms with van der Waals surface area (Å²) in [7, 11) is 3.13. The zero-order valence-electron chi connectivity index (χ0n) is 11.0. The van der Waals surface area contributed by atoms with E-state index >= 15 is 0 Å². The van der Waals surface area contributed by atoms with Gasteiger partial charge in [0.1, 0.15) is 11.9 Å². The lowest BCUT2D eigenvalue weighted by Gasteiger charge is -2.15. The Balaban J connectivity index is 2.31. The van der Waals surface area contributed by atoms with Gasteiger partial charge < -0.3 is 9.47 Å². The van der Waals surface area contributed by atoms with Gasteiger partial charge >= 0.3 is 0 Å².